The third-order valence-electron chi connectivity index (χ3n) is 5.34. The number of rotatable bonds is 7. The molecule has 2 N–H and O–H groups in total. The number of carbonyl (C=O) groups excluding carboxylic acids is 1. The van der Waals surface area contributed by atoms with Crippen molar-refractivity contribution < 1.29 is 4.79 Å². The molecule has 0 spiro atoms. The lowest BCUT2D eigenvalue weighted by molar-refractivity contribution is 0.0945. The Kier molecular flexibility index (Phi) is 5.66. The van der Waals surface area contributed by atoms with Crippen LogP contribution in [0, 0.1) is 0 Å². The van der Waals surface area contributed by atoms with E-state index in [2.05, 4.69) is 33.0 Å². The third-order valence-corrected chi connectivity index (χ3v) is 5.34. The highest BCUT2D eigenvalue weighted by Crippen LogP contribution is 2.18. The van der Waals surface area contributed by atoms with E-state index in [0.29, 0.717) is 18.3 Å². The highest BCUT2D eigenvalue weighted by atomic mass is 16.2. The van der Waals surface area contributed by atoms with E-state index >= 15 is 0 Å². The van der Waals surface area contributed by atoms with Crippen molar-refractivity contribution in [2.75, 3.05) is 6.54 Å². The smallest absolute Gasteiger partial charge is 0.273 e. The van der Waals surface area contributed by atoms with Gasteiger partial charge < -0.3 is 10.6 Å². The zero-order chi connectivity index (χ0) is 19.3. The fraction of sp³-hybridized carbons (Fsp3) is 0.500. The van der Waals surface area contributed by atoms with Crippen LogP contribution >= 0.6 is 0 Å². The van der Waals surface area contributed by atoms with Crippen molar-refractivity contribution in [2.24, 2.45) is 0 Å². The van der Waals surface area contributed by atoms with Crippen LogP contribution in [0.2, 0.25) is 0 Å². The Morgan fingerprint density at radius 2 is 2.21 bits per heavy atom. The van der Waals surface area contributed by atoms with Gasteiger partial charge in [-0.3, -0.25) is 14.2 Å². The molecule has 1 amide bonds. The summed E-state index contributed by atoms with van der Waals surface area (Å²) in [5.41, 5.74) is 2.29. The average Bonchev–Trinajstić information content (AvgIpc) is 3.36. The van der Waals surface area contributed by atoms with Crippen molar-refractivity contribution in [2.45, 2.75) is 58.3 Å². The predicted octanol–water partition coefficient (Wildman–Crippen LogP) is 2.11. The Hall–Kier alpha value is -2.74. The molecule has 1 aliphatic heterocycles. The summed E-state index contributed by atoms with van der Waals surface area (Å²) in [7, 11) is 0. The number of nitrogens with zero attached hydrogens (tertiary/aromatic N) is 5. The standard InChI is InChI=1S/C20H27N7O/c1-2-27-19-9-4-3-8-16(19)17(24-27)13-22-20(28)18-14-26(25-23-18)12-10-15-7-5-6-11-21-15/h3-4,8-9,14-15,21H,2,5-7,10-13H2,1H3,(H,22,28)/t15-/m1/s1. The van der Waals surface area contributed by atoms with Gasteiger partial charge in [0.25, 0.3) is 5.91 Å². The van der Waals surface area contributed by atoms with Gasteiger partial charge >= 0.3 is 0 Å². The lowest BCUT2D eigenvalue weighted by Gasteiger charge is -2.23. The Morgan fingerprint density at radius 1 is 1.32 bits per heavy atom. The molecule has 1 fully saturated rings. The van der Waals surface area contributed by atoms with Crippen molar-refractivity contribution in [3.63, 3.8) is 0 Å². The number of piperidine rings is 1. The number of fused-ring (bicyclic) bond motifs is 1. The van der Waals surface area contributed by atoms with Crippen molar-refractivity contribution in [1.29, 1.82) is 0 Å². The Balaban J connectivity index is 1.35. The summed E-state index contributed by atoms with van der Waals surface area (Å²) < 4.78 is 3.71. The number of benzene rings is 1. The van der Waals surface area contributed by atoms with E-state index in [1.807, 2.05) is 28.9 Å². The van der Waals surface area contributed by atoms with Crippen LogP contribution in [0.25, 0.3) is 10.9 Å². The molecule has 3 heterocycles. The van der Waals surface area contributed by atoms with Crippen LogP contribution < -0.4 is 10.6 Å². The maximum absolute atomic E-state index is 12.5. The van der Waals surface area contributed by atoms with Crippen molar-refractivity contribution in [3.05, 3.63) is 41.9 Å². The van der Waals surface area contributed by atoms with E-state index in [4.69, 9.17) is 0 Å². The van der Waals surface area contributed by atoms with Gasteiger partial charge in [0.05, 0.1) is 24.0 Å². The molecule has 0 bridgehead atoms. The largest absolute Gasteiger partial charge is 0.345 e. The number of nitrogens with one attached hydrogen (secondary N) is 2. The molecule has 1 aromatic carbocycles. The number of hydrogen-bond donors (Lipinski definition) is 2. The van der Waals surface area contributed by atoms with Gasteiger partial charge in [0.1, 0.15) is 0 Å². The fourth-order valence-electron chi connectivity index (χ4n) is 3.79. The van der Waals surface area contributed by atoms with Crippen LogP contribution in [0.15, 0.2) is 30.5 Å². The predicted molar refractivity (Wildman–Crippen MR) is 107 cm³/mol. The quantitative estimate of drug-likeness (QED) is 0.654. The van der Waals surface area contributed by atoms with Crippen LogP contribution in [-0.4, -0.2) is 43.3 Å². The van der Waals surface area contributed by atoms with E-state index in [1.165, 1.54) is 19.3 Å². The summed E-state index contributed by atoms with van der Waals surface area (Å²) in [5.74, 6) is -0.225. The second kappa shape index (κ2) is 8.52. The molecule has 8 nitrogen and oxygen atoms in total. The van der Waals surface area contributed by atoms with Gasteiger partial charge in [-0.2, -0.15) is 5.10 Å². The SMILES string of the molecule is CCn1nc(CNC(=O)c2cn(CC[C@H]3CCCCN3)nn2)c2ccccc21. The Bertz CT molecular complexity index is 939. The van der Waals surface area contributed by atoms with Crippen LogP contribution in [0.5, 0.6) is 0 Å². The van der Waals surface area contributed by atoms with Crippen molar-refractivity contribution in [3.8, 4) is 0 Å². The zero-order valence-corrected chi connectivity index (χ0v) is 16.3. The molecule has 4 rings (SSSR count). The minimum Gasteiger partial charge on any atom is -0.345 e. The van der Waals surface area contributed by atoms with E-state index in [-0.39, 0.29) is 5.91 Å². The highest BCUT2D eigenvalue weighted by molar-refractivity contribution is 5.92. The number of amides is 1. The van der Waals surface area contributed by atoms with Crippen molar-refractivity contribution in [1.82, 2.24) is 35.4 Å². The van der Waals surface area contributed by atoms with Gasteiger partial charge in [-0.15, -0.1) is 5.10 Å². The number of carbonyl (C=O) groups is 1. The van der Waals surface area contributed by atoms with Crippen LogP contribution in [0.1, 0.15) is 48.8 Å². The third kappa shape index (κ3) is 4.06. The van der Waals surface area contributed by atoms with E-state index in [1.54, 1.807) is 10.9 Å². The number of hydrogen-bond acceptors (Lipinski definition) is 5. The molecule has 2 aromatic heterocycles. The first-order valence-electron chi connectivity index (χ1n) is 10.1. The molecular formula is C20H27N7O. The Labute approximate surface area is 164 Å². The first-order chi connectivity index (χ1) is 13.7. The van der Waals surface area contributed by atoms with Gasteiger partial charge in [0.15, 0.2) is 5.69 Å². The molecule has 3 aromatic rings. The highest BCUT2D eigenvalue weighted by Gasteiger charge is 2.15. The summed E-state index contributed by atoms with van der Waals surface area (Å²) in [4.78, 5) is 12.5. The lowest BCUT2D eigenvalue weighted by atomic mass is 10.0. The van der Waals surface area contributed by atoms with Crippen LogP contribution in [0.3, 0.4) is 0 Å². The van der Waals surface area contributed by atoms with E-state index in [0.717, 1.165) is 42.7 Å². The summed E-state index contributed by atoms with van der Waals surface area (Å²) in [6.07, 6.45) is 6.48. The number of aryl methyl sites for hydroxylation is 2. The molecule has 1 atom stereocenters. The normalized spacial score (nSPS) is 17.1. The maximum Gasteiger partial charge on any atom is 0.273 e. The second-order valence-electron chi connectivity index (χ2n) is 7.26. The van der Waals surface area contributed by atoms with Crippen LogP contribution in [-0.2, 0) is 19.6 Å². The lowest BCUT2D eigenvalue weighted by Crippen LogP contribution is -2.34. The minimum atomic E-state index is -0.225. The number of para-hydroxylation sites is 1. The van der Waals surface area contributed by atoms with E-state index in [9.17, 15) is 4.79 Å². The molecule has 0 radical (unpaired) electrons. The molecule has 0 saturated carbocycles. The second-order valence-corrected chi connectivity index (χ2v) is 7.26. The summed E-state index contributed by atoms with van der Waals surface area (Å²) in [6.45, 7) is 5.08. The zero-order valence-electron chi connectivity index (χ0n) is 16.3. The van der Waals surface area contributed by atoms with Crippen LogP contribution in [0.4, 0.5) is 0 Å². The van der Waals surface area contributed by atoms with Gasteiger partial charge in [0, 0.05) is 24.5 Å². The maximum atomic E-state index is 12.5. The fourth-order valence-corrected chi connectivity index (χ4v) is 3.79. The molecular weight excluding hydrogens is 354 g/mol. The minimum absolute atomic E-state index is 0.225. The van der Waals surface area contributed by atoms with Gasteiger partial charge in [-0.05, 0) is 38.8 Å². The van der Waals surface area contributed by atoms with E-state index < -0.39 is 0 Å². The summed E-state index contributed by atoms with van der Waals surface area (Å²) in [5, 5.41) is 20.3. The Morgan fingerprint density at radius 3 is 3.04 bits per heavy atom. The molecule has 1 aliphatic rings. The monoisotopic (exact) mass is 381 g/mol. The number of aromatic nitrogens is 5. The van der Waals surface area contributed by atoms with Gasteiger partial charge in [-0.1, -0.05) is 29.8 Å². The average molecular weight is 381 g/mol. The molecule has 0 aliphatic carbocycles. The molecule has 148 valence electrons. The van der Waals surface area contributed by atoms with Gasteiger partial charge in [0.2, 0.25) is 0 Å². The first kappa shape index (κ1) is 18.6. The molecule has 8 heteroatoms. The van der Waals surface area contributed by atoms with Gasteiger partial charge in [-0.25, -0.2) is 0 Å². The molecule has 0 unspecified atom stereocenters. The van der Waals surface area contributed by atoms with Crippen molar-refractivity contribution >= 4 is 16.8 Å². The molecule has 1 saturated heterocycles. The summed E-state index contributed by atoms with van der Waals surface area (Å²) in [6, 6.07) is 8.61. The molecule has 28 heavy (non-hydrogen) atoms. The topological polar surface area (TPSA) is 89.7 Å². The first-order valence-corrected chi connectivity index (χ1v) is 10.1. The summed E-state index contributed by atoms with van der Waals surface area (Å²) >= 11 is 0.